The van der Waals surface area contributed by atoms with Gasteiger partial charge in [0, 0.05) is 9.37 Å². The Morgan fingerprint density at radius 1 is 1.41 bits per heavy atom. The number of hydrogen-bond donors (Lipinski definition) is 2. The summed E-state index contributed by atoms with van der Waals surface area (Å²) in [6.45, 7) is 1.40. The van der Waals surface area contributed by atoms with E-state index in [-0.39, 0.29) is 17.7 Å². The lowest BCUT2D eigenvalue weighted by Crippen LogP contribution is -2.34. The van der Waals surface area contributed by atoms with Gasteiger partial charge in [0.25, 0.3) is 0 Å². The molecular weight excluding hydrogens is 306 g/mol. The summed E-state index contributed by atoms with van der Waals surface area (Å²) in [5, 5.41) is 10.5. The molecule has 2 N–H and O–H groups in total. The summed E-state index contributed by atoms with van der Waals surface area (Å²) in [6, 6.07) is 7.58. The molecule has 0 fully saturated rings. The molecule has 0 aromatic heterocycles. The highest BCUT2D eigenvalue weighted by Crippen LogP contribution is 2.24. The number of hydrogen-bond acceptors (Lipinski definition) is 3. The van der Waals surface area contributed by atoms with E-state index < -0.39 is 5.97 Å². The van der Waals surface area contributed by atoms with Gasteiger partial charge >= 0.3 is 5.97 Å². The Bertz CT molecular complexity index is 408. The van der Waals surface area contributed by atoms with E-state index >= 15 is 0 Å². The van der Waals surface area contributed by atoms with Gasteiger partial charge in [0.15, 0.2) is 0 Å². The second-order valence-electron chi connectivity index (χ2n) is 3.33. The monoisotopic (exact) mass is 317 g/mol. The van der Waals surface area contributed by atoms with Crippen LogP contribution in [0.3, 0.4) is 0 Å². The predicted molar refractivity (Wildman–Crippen MR) is 70.1 cm³/mol. The quantitative estimate of drug-likeness (QED) is 0.816. The predicted octanol–water partition coefficient (Wildman–Crippen LogP) is 2.13. The van der Waals surface area contributed by atoms with Crippen LogP contribution in [0.25, 0.3) is 0 Å². The van der Waals surface area contributed by atoms with Crippen molar-refractivity contribution in [1.82, 2.24) is 5.32 Å². The lowest BCUT2D eigenvalue weighted by Gasteiger charge is -2.10. The van der Waals surface area contributed by atoms with Gasteiger partial charge in [-0.25, -0.2) is 0 Å². The molecule has 0 aliphatic carbocycles. The molecule has 6 heteroatoms. The summed E-state index contributed by atoms with van der Waals surface area (Å²) < 4.78 is 0.977. The van der Waals surface area contributed by atoms with Crippen LogP contribution < -0.4 is 5.32 Å². The van der Waals surface area contributed by atoms with Crippen molar-refractivity contribution >= 4 is 39.6 Å². The minimum Gasteiger partial charge on any atom is -0.480 e. The molecule has 0 heterocycles. The highest BCUT2D eigenvalue weighted by Gasteiger charge is 2.14. The lowest BCUT2D eigenvalue weighted by atomic mass is 10.4. The molecule has 1 amide bonds. The van der Waals surface area contributed by atoms with Crippen LogP contribution in [0.5, 0.6) is 0 Å². The van der Waals surface area contributed by atoms with Crippen molar-refractivity contribution in [2.45, 2.75) is 17.1 Å². The first-order valence-corrected chi connectivity index (χ1v) is 6.58. The Labute approximate surface area is 112 Å². The number of aliphatic carboxylic acids is 1. The first kappa shape index (κ1) is 14.1. The molecule has 1 aromatic rings. The van der Waals surface area contributed by atoms with E-state index in [0.717, 1.165) is 9.37 Å². The zero-order valence-corrected chi connectivity index (χ0v) is 11.5. The molecule has 92 valence electrons. The third-order valence-electron chi connectivity index (χ3n) is 1.91. The Morgan fingerprint density at radius 3 is 2.53 bits per heavy atom. The molecule has 1 unspecified atom stereocenters. The molecule has 0 saturated carbocycles. The average molecular weight is 318 g/mol. The Kier molecular flexibility index (Phi) is 5.50. The fraction of sp³-hybridized carbons (Fsp3) is 0.273. The van der Waals surface area contributed by atoms with Crippen LogP contribution in [0.15, 0.2) is 33.6 Å². The van der Waals surface area contributed by atoms with Gasteiger partial charge in [-0.2, -0.15) is 0 Å². The number of rotatable bonds is 5. The van der Waals surface area contributed by atoms with Crippen LogP contribution in [0.4, 0.5) is 0 Å². The number of carbonyl (C=O) groups excluding carboxylic acids is 1. The summed E-state index contributed by atoms with van der Waals surface area (Å²) >= 11 is 4.71. The standard InChI is InChI=1S/C11H12BrNO3S/c1-7(11(16)13-6-10(14)15)17-9-4-2-8(12)3-5-9/h2-5,7H,6H2,1H3,(H,13,16)(H,14,15). The largest absolute Gasteiger partial charge is 0.480 e. The maximum absolute atomic E-state index is 11.5. The summed E-state index contributed by atoms with van der Waals surface area (Å²) in [6.07, 6.45) is 0. The summed E-state index contributed by atoms with van der Waals surface area (Å²) in [5.74, 6) is -1.32. The van der Waals surface area contributed by atoms with Gasteiger partial charge in [0.1, 0.15) is 6.54 Å². The van der Waals surface area contributed by atoms with Gasteiger partial charge in [0.05, 0.1) is 5.25 Å². The Hall–Kier alpha value is -1.01. The number of thioether (sulfide) groups is 1. The van der Waals surface area contributed by atoms with Gasteiger partial charge in [-0.3, -0.25) is 9.59 Å². The van der Waals surface area contributed by atoms with Gasteiger partial charge in [-0.15, -0.1) is 11.8 Å². The average Bonchev–Trinajstić information content (AvgIpc) is 2.28. The number of halogens is 1. The van der Waals surface area contributed by atoms with Crippen molar-refractivity contribution in [2.24, 2.45) is 0 Å². The molecule has 1 atom stereocenters. The van der Waals surface area contributed by atoms with Gasteiger partial charge in [-0.1, -0.05) is 15.9 Å². The minimum atomic E-state index is -1.04. The fourth-order valence-electron chi connectivity index (χ4n) is 1.08. The number of benzene rings is 1. The highest BCUT2D eigenvalue weighted by molar-refractivity contribution is 9.10. The SMILES string of the molecule is CC(Sc1ccc(Br)cc1)C(=O)NCC(=O)O. The maximum Gasteiger partial charge on any atom is 0.322 e. The van der Waals surface area contributed by atoms with Crippen LogP contribution in [-0.2, 0) is 9.59 Å². The van der Waals surface area contributed by atoms with Gasteiger partial charge in [-0.05, 0) is 31.2 Å². The van der Waals surface area contributed by atoms with Crippen LogP contribution in [0.1, 0.15) is 6.92 Å². The van der Waals surface area contributed by atoms with E-state index in [1.807, 2.05) is 24.3 Å². The number of carboxylic acids is 1. The van der Waals surface area contributed by atoms with E-state index in [4.69, 9.17) is 5.11 Å². The first-order valence-electron chi connectivity index (χ1n) is 4.91. The third-order valence-corrected chi connectivity index (χ3v) is 3.55. The minimum absolute atomic E-state index is 0.277. The maximum atomic E-state index is 11.5. The fourth-order valence-corrected chi connectivity index (χ4v) is 2.23. The lowest BCUT2D eigenvalue weighted by molar-refractivity contribution is -0.137. The molecule has 0 bridgehead atoms. The van der Waals surface area contributed by atoms with E-state index in [1.165, 1.54) is 11.8 Å². The summed E-state index contributed by atoms with van der Waals surface area (Å²) in [4.78, 5) is 22.8. The topological polar surface area (TPSA) is 66.4 Å². The first-order chi connectivity index (χ1) is 7.99. The zero-order valence-electron chi connectivity index (χ0n) is 9.14. The zero-order chi connectivity index (χ0) is 12.8. The summed E-state index contributed by atoms with van der Waals surface area (Å²) in [7, 11) is 0. The van der Waals surface area contributed by atoms with E-state index in [2.05, 4.69) is 21.2 Å². The van der Waals surface area contributed by atoms with Crippen LogP contribution in [-0.4, -0.2) is 28.8 Å². The third kappa shape index (κ3) is 5.23. The highest BCUT2D eigenvalue weighted by atomic mass is 79.9. The molecule has 0 aliphatic rings. The van der Waals surface area contributed by atoms with Crippen LogP contribution in [0, 0.1) is 0 Å². The number of nitrogens with one attached hydrogen (secondary N) is 1. The molecule has 1 rings (SSSR count). The molecule has 0 spiro atoms. The molecule has 17 heavy (non-hydrogen) atoms. The van der Waals surface area contributed by atoms with Crippen molar-refractivity contribution in [3.63, 3.8) is 0 Å². The number of carbonyl (C=O) groups is 2. The smallest absolute Gasteiger partial charge is 0.322 e. The van der Waals surface area contributed by atoms with Crippen molar-refractivity contribution in [3.8, 4) is 0 Å². The summed E-state index contributed by atoms with van der Waals surface area (Å²) in [5.41, 5.74) is 0. The van der Waals surface area contributed by atoms with Crippen LogP contribution in [0.2, 0.25) is 0 Å². The van der Waals surface area contributed by atoms with Crippen molar-refractivity contribution in [3.05, 3.63) is 28.7 Å². The Balaban J connectivity index is 2.48. The second-order valence-corrected chi connectivity index (χ2v) is 5.66. The van der Waals surface area contributed by atoms with Crippen molar-refractivity contribution in [2.75, 3.05) is 6.54 Å². The molecule has 4 nitrogen and oxygen atoms in total. The molecule has 0 radical (unpaired) electrons. The van der Waals surface area contributed by atoms with E-state index in [1.54, 1.807) is 6.92 Å². The van der Waals surface area contributed by atoms with E-state index in [9.17, 15) is 9.59 Å². The van der Waals surface area contributed by atoms with Crippen molar-refractivity contribution in [1.29, 1.82) is 0 Å². The second kappa shape index (κ2) is 6.66. The normalized spacial score (nSPS) is 11.9. The Morgan fingerprint density at radius 2 is 2.00 bits per heavy atom. The van der Waals surface area contributed by atoms with Crippen LogP contribution >= 0.6 is 27.7 Å². The number of amides is 1. The van der Waals surface area contributed by atoms with E-state index in [0.29, 0.717) is 0 Å². The molecular formula is C11H12BrNO3S. The molecule has 1 aromatic carbocycles. The molecule has 0 aliphatic heterocycles. The number of carboxylic acid groups (broad SMARTS) is 1. The van der Waals surface area contributed by atoms with Gasteiger partial charge < -0.3 is 10.4 Å². The van der Waals surface area contributed by atoms with Gasteiger partial charge in [0.2, 0.25) is 5.91 Å². The van der Waals surface area contributed by atoms with Crippen molar-refractivity contribution < 1.29 is 14.7 Å². The molecule has 0 saturated heterocycles.